The summed E-state index contributed by atoms with van der Waals surface area (Å²) in [7, 11) is 1.64. The SMILES string of the molecule is CCOC(=O)C1=C(C)NC2=C(C(=O)C[C@H](c3ccc(OC)cc3)C2)[C@H]1c1ccccc1OCc1ccccc1. The Hall–Kier alpha value is -4.32. The number of para-hydroxylation sites is 1. The third-order valence-electron chi connectivity index (χ3n) is 7.38. The van der Waals surface area contributed by atoms with Crippen molar-refractivity contribution in [2.24, 2.45) is 0 Å². The molecule has 1 aliphatic heterocycles. The van der Waals surface area contributed by atoms with E-state index in [4.69, 9.17) is 14.2 Å². The Balaban J connectivity index is 1.55. The molecule has 6 heteroatoms. The van der Waals surface area contributed by atoms with Crippen LogP contribution in [0.15, 0.2) is 101 Å². The van der Waals surface area contributed by atoms with Crippen molar-refractivity contribution in [3.05, 3.63) is 118 Å². The molecule has 3 aromatic rings. The Morgan fingerprint density at radius 2 is 1.67 bits per heavy atom. The first-order valence-electron chi connectivity index (χ1n) is 13.3. The van der Waals surface area contributed by atoms with Crippen molar-refractivity contribution in [1.29, 1.82) is 0 Å². The van der Waals surface area contributed by atoms with Gasteiger partial charge in [-0.3, -0.25) is 4.79 Å². The quantitative estimate of drug-likeness (QED) is 0.355. The summed E-state index contributed by atoms with van der Waals surface area (Å²) in [5.41, 5.74) is 5.50. The highest BCUT2D eigenvalue weighted by atomic mass is 16.5. The van der Waals surface area contributed by atoms with Crippen molar-refractivity contribution in [2.75, 3.05) is 13.7 Å². The molecule has 0 bridgehead atoms. The maximum absolute atomic E-state index is 13.9. The van der Waals surface area contributed by atoms with Crippen molar-refractivity contribution >= 4 is 11.8 Å². The van der Waals surface area contributed by atoms with Gasteiger partial charge in [0.05, 0.1) is 25.2 Å². The van der Waals surface area contributed by atoms with E-state index in [-0.39, 0.29) is 18.3 Å². The number of hydrogen-bond donors (Lipinski definition) is 1. The Labute approximate surface area is 229 Å². The molecule has 1 heterocycles. The van der Waals surface area contributed by atoms with E-state index in [2.05, 4.69) is 5.32 Å². The zero-order valence-electron chi connectivity index (χ0n) is 22.5. The molecule has 2 atom stereocenters. The van der Waals surface area contributed by atoms with Gasteiger partial charge in [-0.15, -0.1) is 0 Å². The van der Waals surface area contributed by atoms with E-state index in [9.17, 15) is 9.59 Å². The van der Waals surface area contributed by atoms with Crippen LogP contribution in [0, 0.1) is 0 Å². The molecule has 0 amide bonds. The van der Waals surface area contributed by atoms with Crippen LogP contribution < -0.4 is 14.8 Å². The molecule has 1 N–H and O–H groups in total. The van der Waals surface area contributed by atoms with Gasteiger partial charge in [0.2, 0.25) is 0 Å². The molecule has 39 heavy (non-hydrogen) atoms. The second kappa shape index (κ2) is 11.6. The lowest BCUT2D eigenvalue weighted by molar-refractivity contribution is -0.138. The fraction of sp³-hybridized carbons (Fsp3) is 0.273. The largest absolute Gasteiger partial charge is 0.497 e. The number of methoxy groups -OCH3 is 1. The second-order valence-electron chi connectivity index (χ2n) is 9.82. The molecule has 3 aromatic carbocycles. The van der Waals surface area contributed by atoms with Crippen molar-refractivity contribution in [2.45, 2.75) is 45.1 Å². The molecule has 0 radical (unpaired) electrons. The molecule has 2 aliphatic rings. The van der Waals surface area contributed by atoms with Crippen molar-refractivity contribution in [3.63, 3.8) is 0 Å². The lowest BCUT2D eigenvalue weighted by Crippen LogP contribution is -2.36. The van der Waals surface area contributed by atoms with Crippen LogP contribution in [0.1, 0.15) is 55.2 Å². The van der Waals surface area contributed by atoms with E-state index < -0.39 is 11.9 Å². The Bertz CT molecular complexity index is 1420. The molecular formula is C33H33NO5. The summed E-state index contributed by atoms with van der Waals surface area (Å²) >= 11 is 0. The molecule has 5 rings (SSSR count). The lowest BCUT2D eigenvalue weighted by atomic mass is 9.71. The first kappa shape index (κ1) is 26.3. The van der Waals surface area contributed by atoms with Gasteiger partial charge in [-0.1, -0.05) is 60.7 Å². The van der Waals surface area contributed by atoms with Crippen molar-refractivity contribution in [3.8, 4) is 11.5 Å². The number of benzene rings is 3. The van der Waals surface area contributed by atoms with Gasteiger partial charge in [0, 0.05) is 29.0 Å². The molecule has 0 aromatic heterocycles. The van der Waals surface area contributed by atoms with E-state index >= 15 is 0 Å². The van der Waals surface area contributed by atoms with Crippen LogP contribution in [-0.2, 0) is 20.9 Å². The smallest absolute Gasteiger partial charge is 0.336 e. The summed E-state index contributed by atoms with van der Waals surface area (Å²) < 4.78 is 17.1. The fourth-order valence-electron chi connectivity index (χ4n) is 5.53. The van der Waals surface area contributed by atoms with E-state index in [1.54, 1.807) is 14.0 Å². The highest BCUT2D eigenvalue weighted by molar-refractivity contribution is 6.04. The fourth-order valence-corrected chi connectivity index (χ4v) is 5.53. The summed E-state index contributed by atoms with van der Waals surface area (Å²) in [5.74, 6) is 0.443. The molecule has 200 valence electrons. The number of dihydropyridines is 1. The van der Waals surface area contributed by atoms with Gasteiger partial charge in [-0.05, 0) is 55.5 Å². The third-order valence-corrected chi connectivity index (χ3v) is 7.38. The molecule has 0 spiro atoms. The van der Waals surface area contributed by atoms with Crippen molar-refractivity contribution in [1.82, 2.24) is 5.32 Å². The lowest BCUT2D eigenvalue weighted by Gasteiger charge is -2.37. The highest BCUT2D eigenvalue weighted by Crippen LogP contribution is 2.47. The zero-order chi connectivity index (χ0) is 27.4. The van der Waals surface area contributed by atoms with Crippen LogP contribution in [0.5, 0.6) is 11.5 Å². The molecule has 1 aliphatic carbocycles. The molecule has 0 saturated heterocycles. The number of esters is 1. The number of nitrogens with one attached hydrogen (secondary N) is 1. The Morgan fingerprint density at radius 1 is 0.949 bits per heavy atom. The maximum atomic E-state index is 13.9. The molecule has 6 nitrogen and oxygen atoms in total. The Morgan fingerprint density at radius 3 is 2.38 bits per heavy atom. The van der Waals surface area contributed by atoms with Gasteiger partial charge in [0.15, 0.2) is 5.78 Å². The molecule has 0 fully saturated rings. The minimum absolute atomic E-state index is 0.0155. The number of carbonyl (C=O) groups is 2. The van der Waals surface area contributed by atoms with E-state index in [1.165, 1.54) is 0 Å². The van der Waals surface area contributed by atoms with Crippen molar-refractivity contribution < 1.29 is 23.8 Å². The van der Waals surface area contributed by atoms with Gasteiger partial charge in [0.1, 0.15) is 18.1 Å². The molecule has 0 saturated carbocycles. The van der Waals surface area contributed by atoms with Crippen LogP contribution in [0.25, 0.3) is 0 Å². The van der Waals surface area contributed by atoms with Crippen LogP contribution in [-0.4, -0.2) is 25.5 Å². The topological polar surface area (TPSA) is 73.9 Å². The number of allylic oxidation sites excluding steroid dienone is 3. The maximum Gasteiger partial charge on any atom is 0.336 e. The Kier molecular flexibility index (Phi) is 7.82. The second-order valence-corrected chi connectivity index (χ2v) is 9.82. The van der Waals surface area contributed by atoms with Gasteiger partial charge in [-0.2, -0.15) is 0 Å². The number of carbonyl (C=O) groups excluding carboxylic acids is 2. The first-order valence-corrected chi connectivity index (χ1v) is 13.3. The van der Waals surface area contributed by atoms with E-state index in [1.807, 2.05) is 85.8 Å². The monoisotopic (exact) mass is 523 g/mol. The van der Waals surface area contributed by atoms with Gasteiger partial charge in [-0.25, -0.2) is 4.79 Å². The van der Waals surface area contributed by atoms with Gasteiger partial charge < -0.3 is 19.5 Å². The number of ether oxygens (including phenoxy) is 3. The number of hydrogen-bond acceptors (Lipinski definition) is 6. The van der Waals surface area contributed by atoms with E-state index in [0.29, 0.717) is 42.0 Å². The average Bonchev–Trinajstić information content (AvgIpc) is 2.96. The normalized spacial score (nSPS) is 18.8. The highest BCUT2D eigenvalue weighted by Gasteiger charge is 2.42. The molecular weight excluding hydrogens is 490 g/mol. The third kappa shape index (κ3) is 5.46. The van der Waals surface area contributed by atoms with Crippen LogP contribution in [0.2, 0.25) is 0 Å². The van der Waals surface area contributed by atoms with Gasteiger partial charge >= 0.3 is 5.97 Å². The summed E-state index contributed by atoms with van der Waals surface area (Å²) in [5, 5.41) is 3.41. The predicted molar refractivity (Wildman–Crippen MR) is 149 cm³/mol. The zero-order valence-corrected chi connectivity index (χ0v) is 22.5. The summed E-state index contributed by atoms with van der Waals surface area (Å²) in [6.45, 7) is 4.28. The standard InChI is InChI=1S/C33H33NO5/c1-4-38-33(36)30-21(2)34-27-18-24(23-14-16-25(37-3)17-15-23)19-28(35)32(27)31(30)26-12-8-9-13-29(26)39-20-22-10-6-5-7-11-22/h5-17,24,31,34H,4,18-20H2,1-3H3/t24-,31+/m1/s1. The predicted octanol–water partition coefficient (Wildman–Crippen LogP) is 6.20. The van der Waals surface area contributed by atoms with Crippen LogP contribution in [0.4, 0.5) is 0 Å². The summed E-state index contributed by atoms with van der Waals surface area (Å²) in [4.78, 5) is 27.2. The van der Waals surface area contributed by atoms with Crippen LogP contribution in [0.3, 0.4) is 0 Å². The summed E-state index contributed by atoms with van der Waals surface area (Å²) in [6, 6.07) is 25.5. The number of rotatable bonds is 8. The number of ketones is 1. The molecule has 0 unspecified atom stereocenters. The first-order chi connectivity index (χ1) is 19.0. The minimum atomic E-state index is -0.586. The van der Waals surface area contributed by atoms with Gasteiger partial charge in [0.25, 0.3) is 0 Å². The number of Topliss-reactive ketones (excluding diaryl/α,β-unsaturated/α-hetero) is 1. The van der Waals surface area contributed by atoms with Crippen LogP contribution >= 0.6 is 0 Å². The average molecular weight is 524 g/mol. The van der Waals surface area contributed by atoms with E-state index in [0.717, 1.165) is 28.1 Å². The summed E-state index contributed by atoms with van der Waals surface area (Å²) in [6.07, 6.45) is 1.01. The minimum Gasteiger partial charge on any atom is -0.497 e.